The van der Waals surface area contributed by atoms with Crippen molar-refractivity contribution in [2.24, 2.45) is 0 Å². The molecule has 144 valence electrons. The molecule has 0 saturated carbocycles. The fraction of sp³-hybridized carbons (Fsp3) is 0.238. The molecule has 1 aliphatic heterocycles. The Morgan fingerprint density at radius 1 is 0.893 bits per heavy atom. The lowest BCUT2D eigenvalue weighted by Gasteiger charge is -2.37. The summed E-state index contributed by atoms with van der Waals surface area (Å²) in [6, 6.07) is 17.2. The first-order valence-corrected chi connectivity index (χ1v) is 9.49. The van der Waals surface area contributed by atoms with E-state index in [0.29, 0.717) is 16.7 Å². The molecule has 1 aliphatic rings. The Labute approximate surface area is 169 Å². The molecule has 4 rings (SSSR count). The van der Waals surface area contributed by atoms with Crippen LogP contribution in [0.15, 0.2) is 60.9 Å². The molecule has 28 heavy (non-hydrogen) atoms. The summed E-state index contributed by atoms with van der Waals surface area (Å²) in [4.78, 5) is 13.2. The lowest BCUT2D eigenvalue weighted by Crippen LogP contribution is -2.47. The normalized spacial score (nSPS) is 14.1. The van der Waals surface area contributed by atoms with Gasteiger partial charge in [0.1, 0.15) is 23.6 Å². The van der Waals surface area contributed by atoms with Gasteiger partial charge in [-0.05, 0) is 30.3 Å². The summed E-state index contributed by atoms with van der Waals surface area (Å²) in [6.07, 6.45) is 1.53. The SMILES string of the molecule is COc1ccccc1N1CCN(c2cc(Oc3cccc(Cl)c3)ncn2)CC1. The summed E-state index contributed by atoms with van der Waals surface area (Å²) in [6.45, 7) is 3.47. The molecule has 0 unspecified atom stereocenters. The number of anilines is 2. The molecule has 1 aromatic heterocycles. The second-order valence-corrected chi connectivity index (χ2v) is 6.86. The molecule has 0 radical (unpaired) electrons. The van der Waals surface area contributed by atoms with E-state index in [9.17, 15) is 0 Å². The first-order valence-electron chi connectivity index (χ1n) is 9.11. The Morgan fingerprint density at radius 3 is 2.46 bits per heavy atom. The van der Waals surface area contributed by atoms with Crippen molar-refractivity contribution in [1.82, 2.24) is 9.97 Å². The van der Waals surface area contributed by atoms with Crippen LogP contribution >= 0.6 is 11.6 Å². The Hall–Kier alpha value is -2.99. The Balaban J connectivity index is 1.43. The van der Waals surface area contributed by atoms with E-state index in [2.05, 4.69) is 25.8 Å². The second kappa shape index (κ2) is 8.35. The summed E-state index contributed by atoms with van der Waals surface area (Å²) in [7, 11) is 1.71. The average molecular weight is 397 g/mol. The third kappa shape index (κ3) is 4.12. The summed E-state index contributed by atoms with van der Waals surface area (Å²) in [5, 5.41) is 0.624. The number of rotatable bonds is 5. The third-order valence-electron chi connectivity index (χ3n) is 4.68. The third-order valence-corrected chi connectivity index (χ3v) is 4.91. The molecule has 6 nitrogen and oxygen atoms in total. The zero-order valence-corrected chi connectivity index (χ0v) is 16.3. The van der Waals surface area contributed by atoms with Crippen LogP contribution in [0.4, 0.5) is 11.5 Å². The van der Waals surface area contributed by atoms with Gasteiger partial charge in [-0.25, -0.2) is 9.97 Å². The zero-order valence-electron chi connectivity index (χ0n) is 15.6. The number of para-hydroxylation sites is 2. The topological polar surface area (TPSA) is 50.7 Å². The van der Waals surface area contributed by atoms with Crippen molar-refractivity contribution in [3.63, 3.8) is 0 Å². The van der Waals surface area contributed by atoms with Crippen LogP contribution in [0.5, 0.6) is 17.4 Å². The highest BCUT2D eigenvalue weighted by Gasteiger charge is 2.21. The molecule has 1 fully saturated rings. The van der Waals surface area contributed by atoms with Crippen molar-refractivity contribution >= 4 is 23.1 Å². The van der Waals surface area contributed by atoms with Crippen LogP contribution in [0.3, 0.4) is 0 Å². The van der Waals surface area contributed by atoms with Gasteiger partial charge in [-0.15, -0.1) is 0 Å². The van der Waals surface area contributed by atoms with E-state index in [4.69, 9.17) is 21.1 Å². The first kappa shape index (κ1) is 18.4. The zero-order chi connectivity index (χ0) is 19.3. The van der Waals surface area contributed by atoms with Crippen LogP contribution in [-0.4, -0.2) is 43.3 Å². The fourth-order valence-electron chi connectivity index (χ4n) is 3.28. The Kier molecular flexibility index (Phi) is 5.48. The number of benzene rings is 2. The van der Waals surface area contributed by atoms with Gasteiger partial charge in [0.15, 0.2) is 0 Å². The molecular weight excluding hydrogens is 376 g/mol. The molecule has 7 heteroatoms. The van der Waals surface area contributed by atoms with Gasteiger partial charge < -0.3 is 19.3 Å². The Bertz CT molecular complexity index is 945. The predicted octanol–water partition coefficient (Wildman–Crippen LogP) is 4.26. The number of halogens is 1. The number of aromatic nitrogens is 2. The van der Waals surface area contributed by atoms with Crippen LogP contribution in [-0.2, 0) is 0 Å². The summed E-state index contributed by atoms with van der Waals surface area (Å²) >= 11 is 6.02. The second-order valence-electron chi connectivity index (χ2n) is 6.42. The minimum absolute atomic E-state index is 0.499. The summed E-state index contributed by atoms with van der Waals surface area (Å²) in [5.41, 5.74) is 1.12. The molecule has 0 amide bonds. The highest BCUT2D eigenvalue weighted by molar-refractivity contribution is 6.30. The standard InChI is InChI=1S/C21H21ClN4O2/c1-27-19-8-3-2-7-18(19)25-9-11-26(12-10-25)20-14-21(24-15-23-20)28-17-6-4-5-16(22)13-17/h2-8,13-15H,9-12H2,1H3. The first-order chi connectivity index (χ1) is 13.7. The highest BCUT2D eigenvalue weighted by Crippen LogP contribution is 2.29. The smallest absolute Gasteiger partial charge is 0.224 e. The minimum Gasteiger partial charge on any atom is -0.495 e. The molecule has 0 aliphatic carbocycles. The largest absolute Gasteiger partial charge is 0.495 e. The van der Waals surface area contributed by atoms with Crippen molar-refractivity contribution in [3.05, 3.63) is 65.9 Å². The predicted molar refractivity (Wildman–Crippen MR) is 111 cm³/mol. The lowest BCUT2D eigenvalue weighted by atomic mass is 10.2. The van der Waals surface area contributed by atoms with E-state index < -0.39 is 0 Å². The van der Waals surface area contributed by atoms with Crippen LogP contribution in [0.2, 0.25) is 5.02 Å². The van der Waals surface area contributed by atoms with Gasteiger partial charge in [0, 0.05) is 37.3 Å². The van der Waals surface area contributed by atoms with Crippen LogP contribution in [0, 0.1) is 0 Å². The highest BCUT2D eigenvalue weighted by atomic mass is 35.5. The number of methoxy groups -OCH3 is 1. The molecule has 0 atom stereocenters. The van der Waals surface area contributed by atoms with Gasteiger partial charge >= 0.3 is 0 Å². The van der Waals surface area contributed by atoms with Gasteiger partial charge in [-0.2, -0.15) is 0 Å². The molecule has 2 aromatic carbocycles. The van der Waals surface area contributed by atoms with Crippen molar-refractivity contribution in [2.75, 3.05) is 43.1 Å². The van der Waals surface area contributed by atoms with E-state index in [1.165, 1.54) is 6.33 Å². The van der Waals surface area contributed by atoms with Crippen molar-refractivity contribution in [1.29, 1.82) is 0 Å². The minimum atomic E-state index is 0.499. The molecule has 1 saturated heterocycles. The van der Waals surface area contributed by atoms with E-state index in [1.807, 2.05) is 36.4 Å². The number of ether oxygens (including phenoxy) is 2. The number of piperazine rings is 1. The molecule has 0 N–H and O–H groups in total. The van der Waals surface area contributed by atoms with E-state index in [0.717, 1.165) is 43.4 Å². The maximum Gasteiger partial charge on any atom is 0.224 e. The molecule has 3 aromatic rings. The van der Waals surface area contributed by atoms with Crippen molar-refractivity contribution < 1.29 is 9.47 Å². The van der Waals surface area contributed by atoms with Gasteiger partial charge in [-0.3, -0.25) is 0 Å². The molecule has 0 bridgehead atoms. The fourth-order valence-corrected chi connectivity index (χ4v) is 3.46. The van der Waals surface area contributed by atoms with E-state index >= 15 is 0 Å². The lowest BCUT2D eigenvalue weighted by molar-refractivity contribution is 0.413. The van der Waals surface area contributed by atoms with Gasteiger partial charge in [0.25, 0.3) is 0 Å². The Morgan fingerprint density at radius 2 is 1.68 bits per heavy atom. The van der Waals surface area contributed by atoms with Gasteiger partial charge in [0.2, 0.25) is 5.88 Å². The monoisotopic (exact) mass is 396 g/mol. The number of nitrogens with zero attached hydrogens (tertiary/aromatic N) is 4. The van der Waals surface area contributed by atoms with Crippen LogP contribution in [0.25, 0.3) is 0 Å². The van der Waals surface area contributed by atoms with Crippen molar-refractivity contribution in [2.45, 2.75) is 0 Å². The summed E-state index contributed by atoms with van der Waals surface area (Å²) in [5.74, 6) is 2.90. The maximum atomic E-state index is 6.02. The van der Waals surface area contributed by atoms with Crippen LogP contribution in [0.1, 0.15) is 0 Å². The number of hydrogen-bond donors (Lipinski definition) is 0. The van der Waals surface area contributed by atoms with E-state index in [1.54, 1.807) is 19.2 Å². The summed E-state index contributed by atoms with van der Waals surface area (Å²) < 4.78 is 11.3. The van der Waals surface area contributed by atoms with Crippen molar-refractivity contribution in [3.8, 4) is 17.4 Å². The van der Waals surface area contributed by atoms with Crippen LogP contribution < -0.4 is 19.3 Å². The molecular formula is C21H21ClN4O2. The van der Waals surface area contributed by atoms with Gasteiger partial charge in [0.05, 0.1) is 12.8 Å². The molecule has 0 spiro atoms. The van der Waals surface area contributed by atoms with Gasteiger partial charge in [-0.1, -0.05) is 29.8 Å². The quantitative estimate of drug-likeness (QED) is 0.642. The number of hydrogen-bond acceptors (Lipinski definition) is 6. The van der Waals surface area contributed by atoms with E-state index in [-0.39, 0.29) is 0 Å². The maximum absolute atomic E-state index is 6.02. The molecule has 2 heterocycles. The average Bonchev–Trinajstić information content (AvgIpc) is 2.74.